The molecule has 0 saturated carbocycles. The highest BCUT2D eigenvalue weighted by Crippen LogP contribution is 2.35. The molecule has 0 bridgehead atoms. The van der Waals surface area contributed by atoms with Gasteiger partial charge in [0.25, 0.3) is 5.56 Å². The average Bonchev–Trinajstić information content (AvgIpc) is 3.42. The van der Waals surface area contributed by atoms with Crippen LogP contribution in [0.2, 0.25) is 0 Å². The van der Waals surface area contributed by atoms with Gasteiger partial charge in [0.2, 0.25) is 5.78 Å². The second-order valence-electron chi connectivity index (χ2n) is 8.39. The SMILES string of the molecule is CCc1ccc(-c2cn3c4c(=O)n(C)c(=O)n(C)c4nc3n2-c2ccc3c(c2)OCCO3)cc1. The average molecular weight is 457 g/mol. The first-order valence-electron chi connectivity index (χ1n) is 11.2. The third-order valence-electron chi connectivity index (χ3n) is 6.41. The Morgan fingerprint density at radius 3 is 2.41 bits per heavy atom. The van der Waals surface area contributed by atoms with Gasteiger partial charge in [-0.1, -0.05) is 31.2 Å². The van der Waals surface area contributed by atoms with Crippen LogP contribution in [0.3, 0.4) is 0 Å². The molecular weight excluding hydrogens is 434 g/mol. The molecule has 0 amide bonds. The predicted molar refractivity (Wildman–Crippen MR) is 128 cm³/mol. The molecule has 9 heteroatoms. The van der Waals surface area contributed by atoms with E-state index in [4.69, 9.17) is 14.5 Å². The number of imidazole rings is 2. The molecule has 0 aliphatic carbocycles. The molecule has 0 unspecified atom stereocenters. The van der Waals surface area contributed by atoms with Gasteiger partial charge in [-0.3, -0.25) is 22.9 Å². The lowest BCUT2D eigenvalue weighted by Crippen LogP contribution is -2.37. The van der Waals surface area contributed by atoms with Crippen LogP contribution in [0.4, 0.5) is 0 Å². The number of aromatic nitrogens is 5. The highest BCUT2D eigenvalue weighted by Gasteiger charge is 2.23. The predicted octanol–water partition coefficient (Wildman–Crippen LogP) is 2.68. The molecule has 0 atom stereocenters. The van der Waals surface area contributed by atoms with Crippen LogP contribution in [-0.2, 0) is 20.5 Å². The van der Waals surface area contributed by atoms with Gasteiger partial charge in [-0.05, 0) is 24.1 Å². The molecule has 0 spiro atoms. The fourth-order valence-electron chi connectivity index (χ4n) is 4.51. The van der Waals surface area contributed by atoms with Crippen LogP contribution in [0, 0.1) is 0 Å². The number of ether oxygens (including phenoxy) is 2. The second-order valence-corrected chi connectivity index (χ2v) is 8.39. The number of benzene rings is 2. The van der Waals surface area contributed by atoms with E-state index in [0.29, 0.717) is 41.7 Å². The van der Waals surface area contributed by atoms with Crippen molar-refractivity contribution in [3.63, 3.8) is 0 Å². The van der Waals surface area contributed by atoms with E-state index < -0.39 is 11.2 Å². The summed E-state index contributed by atoms with van der Waals surface area (Å²) in [6.45, 7) is 3.11. The summed E-state index contributed by atoms with van der Waals surface area (Å²) in [4.78, 5) is 30.3. The van der Waals surface area contributed by atoms with Gasteiger partial charge >= 0.3 is 5.69 Å². The summed E-state index contributed by atoms with van der Waals surface area (Å²) in [7, 11) is 3.10. The summed E-state index contributed by atoms with van der Waals surface area (Å²) in [6, 6.07) is 14.1. The molecule has 0 radical (unpaired) electrons. The normalized spacial score (nSPS) is 13.1. The van der Waals surface area contributed by atoms with E-state index in [1.54, 1.807) is 11.4 Å². The number of fused-ring (bicyclic) bond motifs is 4. The van der Waals surface area contributed by atoms with Crippen LogP contribution in [0.25, 0.3) is 33.9 Å². The summed E-state index contributed by atoms with van der Waals surface area (Å²) < 4.78 is 17.7. The maximum atomic E-state index is 13.1. The quantitative estimate of drug-likeness (QED) is 0.416. The lowest BCUT2D eigenvalue weighted by molar-refractivity contribution is 0.171. The molecule has 4 heterocycles. The molecule has 5 aromatic rings. The Balaban J connectivity index is 1.71. The van der Waals surface area contributed by atoms with Crippen LogP contribution in [0.5, 0.6) is 11.5 Å². The van der Waals surface area contributed by atoms with Gasteiger partial charge < -0.3 is 9.47 Å². The summed E-state index contributed by atoms with van der Waals surface area (Å²) in [5, 5.41) is 0. The fraction of sp³-hybridized carbons (Fsp3) is 0.240. The molecule has 2 aromatic carbocycles. The van der Waals surface area contributed by atoms with E-state index >= 15 is 0 Å². The Morgan fingerprint density at radius 1 is 0.941 bits per heavy atom. The highest BCUT2D eigenvalue weighted by molar-refractivity contribution is 5.79. The third-order valence-corrected chi connectivity index (χ3v) is 6.41. The number of hydrogen-bond donors (Lipinski definition) is 0. The maximum Gasteiger partial charge on any atom is 0.332 e. The third kappa shape index (κ3) is 2.83. The fourth-order valence-corrected chi connectivity index (χ4v) is 4.51. The number of rotatable bonds is 3. The van der Waals surface area contributed by atoms with Crippen molar-refractivity contribution in [2.24, 2.45) is 14.1 Å². The number of aryl methyl sites for hydroxylation is 2. The lowest BCUT2D eigenvalue weighted by atomic mass is 10.1. The monoisotopic (exact) mass is 457 g/mol. The van der Waals surface area contributed by atoms with Crippen molar-refractivity contribution in [2.75, 3.05) is 13.2 Å². The lowest BCUT2D eigenvalue weighted by Gasteiger charge is -2.19. The van der Waals surface area contributed by atoms with Crippen molar-refractivity contribution in [2.45, 2.75) is 13.3 Å². The van der Waals surface area contributed by atoms with Crippen molar-refractivity contribution in [3.05, 3.63) is 75.1 Å². The van der Waals surface area contributed by atoms with Gasteiger partial charge in [0, 0.05) is 31.9 Å². The van der Waals surface area contributed by atoms with Gasteiger partial charge in [-0.25, -0.2) is 4.79 Å². The molecule has 34 heavy (non-hydrogen) atoms. The van der Waals surface area contributed by atoms with Crippen LogP contribution in [-0.4, -0.2) is 36.3 Å². The second kappa shape index (κ2) is 7.38. The van der Waals surface area contributed by atoms with Crippen molar-refractivity contribution < 1.29 is 9.47 Å². The van der Waals surface area contributed by atoms with E-state index in [1.807, 2.05) is 29.0 Å². The Morgan fingerprint density at radius 2 is 1.68 bits per heavy atom. The molecule has 0 fully saturated rings. The first-order valence-corrected chi connectivity index (χ1v) is 11.2. The van der Waals surface area contributed by atoms with Crippen molar-refractivity contribution in [1.29, 1.82) is 0 Å². The van der Waals surface area contributed by atoms with E-state index in [9.17, 15) is 9.59 Å². The molecule has 0 N–H and O–H groups in total. The Kier molecular flexibility index (Phi) is 4.41. The number of hydrogen-bond acceptors (Lipinski definition) is 5. The smallest absolute Gasteiger partial charge is 0.332 e. The largest absolute Gasteiger partial charge is 0.486 e. The van der Waals surface area contributed by atoms with E-state index in [0.717, 1.165) is 27.9 Å². The molecule has 0 saturated heterocycles. The Labute approximate surface area is 194 Å². The van der Waals surface area contributed by atoms with Crippen LogP contribution < -0.4 is 20.7 Å². The minimum atomic E-state index is -0.417. The Hall–Kier alpha value is -4.27. The molecule has 9 nitrogen and oxygen atoms in total. The minimum Gasteiger partial charge on any atom is -0.486 e. The maximum absolute atomic E-state index is 13.1. The van der Waals surface area contributed by atoms with E-state index in [2.05, 4.69) is 31.2 Å². The zero-order valence-corrected chi connectivity index (χ0v) is 19.1. The zero-order valence-electron chi connectivity index (χ0n) is 19.1. The minimum absolute atomic E-state index is 0.335. The van der Waals surface area contributed by atoms with Gasteiger partial charge in [-0.2, -0.15) is 4.98 Å². The Bertz CT molecular complexity index is 1700. The molecule has 3 aromatic heterocycles. The molecule has 172 valence electrons. The van der Waals surface area contributed by atoms with E-state index in [-0.39, 0.29) is 0 Å². The summed E-state index contributed by atoms with van der Waals surface area (Å²) >= 11 is 0. The standard InChI is InChI=1S/C25H23N5O4/c1-4-15-5-7-16(8-6-15)18-14-29-21-22(27(2)25(32)28(3)23(21)31)26-24(29)30(18)17-9-10-19-20(13-17)34-12-11-33-19/h5-10,13-14H,4,11-12H2,1-3H3. The topological polar surface area (TPSA) is 84.7 Å². The van der Waals surface area contributed by atoms with Crippen molar-refractivity contribution in [1.82, 2.24) is 23.1 Å². The molecular formula is C25H23N5O4. The van der Waals surface area contributed by atoms with Gasteiger partial charge in [0.1, 0.15) is 13.2 Å². The van der Waals surface area contributed by atoms with Crippen molar-refractivity contribution in [3.8, 4) is 28.4 Å². The van der Waals surface area contributed by atoms with Gasteiger partial charge in [0.15, 0.2) is 22.7 Å². The summed E-state index contributed by atoms with van der Waals surface area (Å²) in [6.07, 6.45) is 2.84. The first kappa shape index (κ1) is 20.3. The molecule has 6 rings (SSSR count). The summed E-state index contributed by atoms with van der Waals surface area (Å²) in [5.74, 6) is 1.87. The highest BCUT2D eigenvalue weighted by atomic mass is 16.6. The molecule has 1 aliphatic rings. The zero-order chi connectivity index (χ0) is 23.6. The number of nitrogens with zero attached hydrogens (tertiary/aromatic N) is 5. The first-order chi connectivity index (χ1) is 16.5. The van der Waals surface area contributed by atoms with Gasteiger partial charge in [0.05, 0.1) is 11.4 Å². The van der Waals surface area contributed by atoms with Crippen LogP contribution in [0.1, 0.15) is 12.5 Å². The van der Waals surface area contributed by atoms with E-state index in [1.165, 1.54) is 17.2 Å². The van der Waals surface area contributed by atoms with Gasteiger partial charge in [-0.15, -0.1) is 0 Å². The van der Waals surface area contributed by atoms with Crippen LogP contribution in [0.15, 0.2) is 58.3 Å². The van der Waals surface area contributed by atoms with Crippen molar-refractivity contribution >= 4 is 16.9 Å². The summed E-state index contributed by atoms with van der Waals surface area (Å²) in [5.41, 5.74) is 3.76. The van der Waals surface area contributed by atoms with Crippen LogP contribution >= 0.6 is 0 Å². The molecule has 1 aliphatic heterocycles.